The van der Waals surface area contributed by atoms with Crippen LogP contribution in [-0.4, -0.2) is 43.8 Å². The maximum Gasteiger partial charge on any atom is 0.233 e. The Morgan fingerprint density at radius 3 is 2.76 bits per heavy atom. The van der Waals surface area contributed by atoms with Crippen LogP contribution < -0.4 is 0 Å². The van der Waals surface area contributed by atoms with Gasteiger partial charge < -0.3 is 14.6 Å². The Morgan fingerprint density at radius 2 is 2.19 bits per heavy atom. The van der Waals surface area contributed by atoms with Crippen molar-refractivity contribution in [2.24, 2.45) is 7.05 Å². The Hall–Kier alpha value is -1.01. The highest BCUT2D eigenvalue weighted by atomic mass is 32.2. The van der Waals surface area contributed by atoms with Crippen molar-refractivity contribution >= 4 is 17.7 Å². The van der Waals surface area contributed by atoms with Crippen molar-refractivity contribution in [2.45, 2.75) is 56.8 Å². The van der Waals surface area contributed by atoms with Crippen LogP contribution in [-0.2, 0) is 18.4 Å². The van der Waals surface area contributed by atoms with Gasteiger partial charge in [-0.15, -0.1) is 0 Å². The Labute approximate surface area is 130 Å². The van der Waals surface area contributed by atoms with Gasteiger partial charge in [0.1, 0.15) is 0 Å². The molecule has 1 aromatic heterocycles. The van der Waals surface area contributed by atoms with Gasteiger partial charge in [-0.05, 0) is 19.8 Å². The van der Waals surface area contributed by atoms with Gasteiger partial charge in [0.2, 0.25) is 5.91 Å². The van der Waals surface area contributed by atoms with E-state index in [0.717, 1.165) is 30.2 Å². The highest BCUT2D eigenvalue weighted by Gasteiger charge is 2.24. The zero-order chi connectivity index (χ0) is 15.2. The number of nitrogens with zero attached hydrogens (tertiary/aromatic N) is 3. The maximum absolute atomic E-state index is 12.5. The Bertz CT molecular complexity index is 469. The van der Waals surface area contributed by atoms with E-state index < -0.39 is 0 Å². The third-order valence-electron chi connectivity index (χ3n) is 4.21. The molecule has 1 heterocycles. The molecule has 2 rings (SSSR count). The first kappa shape index (κ1) is 16.4. The normalized spacial score (nSPS) is 16.1. The van der Waals surface area contributed by atoms with E-state index in [9.17, 15) is 4.79 Å². The molecular weight excluding hydrogens is 286 g/mol. The molecule has 118 valence electrons. The number of thioether (sulfide) groups is 1. The third-order valence-corrected chi connectivity index (χ3v) is 5.23. The van der Waals surface area contributed by atoms with Crippen LogP contribution in [0, 0.1) is 0 Å². The van der Waals surface area contributed by atoms with Gasteiger partial charge in [-0.2, -0.15) is 0 Å². The molecule has 0 saturated heterocycles. The van der Waals surface area contributed by atoms with E-state index in [2.05, 4.69) is 11.9 Å². The molecule has 1 aliphatic rings. The SMILES string of the molecule is CCN(C(=O)CSc1ncc(CO)n1C)C1CCCCC1. The highest BCUT2D eigenvalue weighted by molar-refractivity contribution is 7.99. The van der Waals surface area contributed by atoms with Gasteiger partial charge in [-0.3, -0.25) is 4.79 Å². The van der Waals surface area contributed by atoms with Gasteiger partial charge in [0.25, 0.3) is 0 Å². The summed E-state index contributed by atoms with van der Waals surface area (Å²) in [7, 11) is 1.87. The summed E-state index contributed by atoms with van der Waals surface area (Å²) < 4.78 is 1.84. The number of aliphatic hydroxyl groups excluding tert-OH is 1. The van der Waals surface area contributed by atoms with Crippen molar-refractivity contribution in [1.29, 1.82) is 0 Å². The van der Waals surface area contributed by atoms with Crippen molar-refractivity contribution in [3.63, 3.8) is 0 Å². The molecule has 1 amide bonds. The van der Waals surface area contributed by atoms with E-state index in [1.807, 2.05) is 16.5 Å². The van der Waals surface area contributed by atoms with E-state index in [-0.39, 0.29) is 12.5 Å². The number of hydrogen-bond acceptors (Lipinski definition) is 4. The van der Waals surface area contributed by atoms with Gasteiger partial charge in [-0.25, -0.2) is 4.98 Å². The van der Waals surface area contributed by atoms with Crippen LogP contribution in [0.15, 0.2) is 11.4 Å². The van der Waals surface area contributed by atoms with Gasteiger partial charge >= 0.3 is 0 Å². The van der Waals surface area contributed by atoms with Crippen LogP contribution in [0.1, 0.15) is 44.7 Å². The van der Waals surface area contributed by atoms with E-state index in [1.54, 1.807) is 6.20 Å². The summed E-state index contributed by atoms with van der Waals surface area (Å²) in [4.78, 5) is 18.7. The van der Waals surface area contributed by atoms with Crippen LogP contribution >= 0.6 is 11.8 Å². The standard InChI is InChI=1S/C15H25N3O2S/c1-3-18(12-7-5-4-6-8-12)14(20)11-21-15-16-9-13(10-19)17(15)2/h9,12,19H,3-8,10-11H2,1-2H3. The molecular formula is C15H25N3O2S. The number of imidazole rings is 1. The second-order valence-electron chi connectivity index (χ2n) is 5.51. The Balaban J connectivity index is 1.91. The van der Waals surface area contributed by atoms with Crippen molar-refractivity contribution in [2.75, 3.05) is 12.3 Å². The fourth-order valence-corrected chi connectivity index (χ4v) is 3.80. The predicted octanol–water partition coefficient (Wildman–Crippen LogP) is 2.19. The van der Waals surface area contributed by atoms with E-state index in [0.29, 0.717) is 11.8 Å². The van der Waals surface area contributed by atoms with E-state index in [4.69, 9.17) is 5.11 Å². The molecule has 1 aliphatic carbocycles. The average Bonchev–Trinajstić information content (AvgIpc) is 2.87. The molecule has 6 heteroatoms. The lowest BCUT2D eigenvalue weighted by Crippen LogP contribution is -2.42. The largest absolute Gasteiger partial charge is 0.390 e. The molecule has 1 N–H and O–H groups in total. The van der Waals surface area contributed by atoms with E-state index in [1.165, 1.54) is 31.0 Å². The molecule has 1 fully saturated rings. The predicted molar refractivity (Wildman–Crippen MR) is 84.1 cm³/mol. The van der Waals surface area contributed by atoms with Crippen LogP contribution in [0.25, 0.3) is 0 Å². The molecule has 1 aromatic rings. The second-order valence-corrected chi connectivity index (χ2v) is 6.45. The van der Waals surface area contributed by atoms with Crippen LogP contribution in [0.2, 0.25) is 0 Å². The monoisotopic (exact) mass is 311 g/mol. The van der Waals surface area contributed by atoms with E-state index >= 15 is 0 Å². The molecule has 5 nitrogen and oxygen atoms in total. The third kappa shape index (κ3) is 4.01. The van der Waals surface area contributed by atoms with Crippen molar-refractivity contribution < 1.29 is 9.90 Å². The van der Waals surface area contributed by atoms with Crippen LogP contribution in [0.5, 0.6) is 0 Å². The number of hydrogen-bond donors (Lipinski definition) is 1. The molecule has 21 heavy (non-hydrogen) atoms. The van der Waals surface area contributed by atoms with Gasteiger partial charge in [0, 0.05) is 19.6 Å². The number of amides is 1. The molecule has 0 aliphatic heterocycles. The number of aliphatic hydroxyl groups is 1. The number of rotatable bonds is 6. The number of carbonyl (C=O) groups is 1. The van der Waals surface area contributed by atoms with Crippen molar-refractivity contribution in [1.82, 2.24) is 14.5 Å². The Morgan fingerprint density at radius 1 is 1.48 bits per heavy atom. The van der Waals surface area contributed by atoms with Crippen LogP contribution in [0.3, 0.4) is 0 Å². The first-order valence-corrected chi connectivity index (χ1v) is 8.69. The minimum atomic E-state index is -0.0266. The summed E-state index contributed by atoms with van der Waals surface area (Å²) in [5.74, 6) is 0.614. The van der Waals surface area contributed by atoms with Crippen molar-refractivity contribution in [3.05, 3.63) is 11.9 Å². The van der Waals surface area contributed by atoms with Gasteiger partial charge in [0.15, 0.2) is 5.16 Å². The fraction of sp³-hybridized carbons (Fsp3) is 0.733. The lowest BCUT2D eigenvalue weighted by Gasteiger charge is -2.33. The minimum absolute atomic E-state index is 0.0266. The summed E-state index contributed by atoms with van der Waals surface area (Å²) in [6.07, 6.45) is 7.71. The summed E-state index contributed by atoms with van der Waals surface area (Å²) in [5, 5.41) is 9.94. The first-order chi connectivity index (χ1) is 10.2. The minimum Gasteiger partial charge on any atom is -0.390 e. The zero-order valence-electron chi connectivity index (χ0n) is 12.9. The second kappa shape index (κ2) is 7.84. The molecule has 0 aromatic carbocycles. The molecule has 1 saturated carbocycles. The molecule has 0 spiro atoms. The summed E-state index contributed by atoms with van der Waals surface area (Å²) >= 11 is 1.45. The van der Waals surface area contributed by atoms with Crippen molar-refractivity contribution in [3.8, 4) is 0 Å². The average molecular weight is 311 g/mol. The number of aromatic nitrogens is 2. The molecule has 0 bridgehead atoms. The molecule has 0 radical (unpaired) electrons. The molecule has 0 unspecified atom stereocenters. The van der Waals surface area contributed by atoms with Gasteiger partial charge in [0.05, 0.1) is 24.3 Å². The Kier molecular flexibility index (Phi) is 6.11. The summed E-state index contributed by atoms with van der Waals surface area (Å²) in [5.41, 5.74) is 0.768. The lowest BCUT2D eigenvalue weighted by molar-refractivity contribution is -0.131. The quantitative estimate of drug-likeness (QED) is 0.818. The zero-order valence-corrected chi connectivity index (χ0v) is 13.7. The summed E-state index contributed by atoms with van der Waals surface area (Å²) in [6.45, 7) is 2.81. The highest BCUT2D eigenvalue weighted by Crippen LogP contribution is 2.24. The lowest BCUT2D eigenvalue weighted by atomic mass is 9.94. The molecule has 0 atom stereocenters. The van der Waals surface area contributed by atoms with Crippen LogP contribution in [0.4, 0.5) is 0 Å². The topological polar surface area (TPSA) is 58.4 Å². The fourth-order valence-electron chi connectivity index (χ4n) is 2.95. The van der Waals surface area contributed by atoms with Gasteiger partial charge in [-0.1, -0.05) is 31.0 Å². The maximum atomic E-state index is 12.5. The smallest absolute Gasteiger partial charge is 0.233 e. The first-order valence-electron chi connectivity index (χ1n) is 7.71. The summed E-state index contributed by atoms with van der Waals surface area (Å²) in [6, 6.07) is 0.422. The number of carbonyl (C=O) groups excluding carboxylic acids is 1.